The van der Waals surface area contributed by atoms with E-state index >= 15 is 0 Å². The van der Waals surface area contributed by atoms with Gasteiger partial charge in [0, 0.05) is 12.5 Å². The molecule has 2 rings (SSSR count). The summed E-state index contributed by atoms with van der Waals surface area (Å²) in [6, 6.07) is 8.15. The van der Waals surface area contributed by atoms with Crippen LogP contribution in [-0.4, -0.2) is 47.5 Å². The van der Waals surface area contributed by atoms with Gasteiger partial charge in [-0.1, -0.05) is 18.2 Å². The minimum Gasteiger partial charge on any atom is -0.478 e. The lowest BCUT2D eigenvalue weighted by atomic mass is 10.1. The standard InChI is InChI=1S/C14H16N2O4/c1-20-8-9(7-17)15-13-6-11(14(18)19)10-4-2-3-5-12(10)16-13/h2-6,9,17H,7-8H2,1H3,(H,15,16)(H,18,19). The molecule has 20 heavy (non-hydrogen) atoms. The number of nitrogens with one attached hydrogen (secondary N) is 1. The maximum atomic E-state index is 11.3. The van der Waals surface area contributed by atoms with Crippen molar-refractivity contribution in [1.82, 2.24) is 4.98 Å². The number of benzene rings is 1. The molecule has 1 unspecified atom stereocenters. The Morgan fingerprint density at radius 3 is 2.85 bits per heavy atom. The molecule has 6 heteroatoms. The Bertz CT molecular complexity index is 615. The number of nitrogens with zero attached hydrogens (tertiary/aromatic N) is 1. The van der Waals surface area contributed by atoms with Gasteiger partial charge in [0.05, 0.1) is 30.3 Å². The number of anilines is 1. The van der Waals surface area contributed by atoms with Crippen molar-refractivity contribution in [3.05, 3.63) is 35.9 Å². The Morgan fingerprint density at radius 2 is 2.20 bits per heavy atom. The van der Waals surface area contributed by atoms with Gasteiger partial charge in [0.2, 0.25) is 0 Å². The molecule has 0 bridgehead atoms. The number of carbonyl (C=O) groups is 1. The number of aliphatic hydroxyl groups is 1. The quantitative estimate of drug-likeness (QED) is 0.737. The van der Waals surface area contributed by atoms with Crippen LogP contribution < -0.4 is 5.32 Å². The third kappa shape index (κ3) is 3.04. The van der Waals surface area contributed by atoms with E-state index in [2.05, 4.69) is 10.3 Å². The lowest BCUT2D eigenvalue weighted by molar-refractivity contribution is 0.0699. The number of ether oxygens (including phenoxy) is 1. The number of fused-ring (bicyclic) bond motifs is 1. The summed E-state index contributed by atoms with van der Waals surface area (Å²) in [5, 5.41) is 22.0. The Kier molecular flexibility index (Phi) is 4.49. The number of pyridine rings is 1. The highest BCUT2D eigenvalue weighted by Crippen LogP contribution is 2.21. The molecule has 0 aliphatic heterocycles. The van der Waals surface area contributed by atoms with Crippen molar-refractivity contribution < 1.29 is 19.7 Å². The first-order valence-corrected chi connectivity index (χ1v) is 6.15. The summed E-state index contributed by atoms with van der Waals surface area (Å²) in [4.78, 5) is 15.7. The van der Waals surface area contributed by atoms with Crippen LogP contribution in [0.1, 0.15) is 10.4 Å². The van der Waals surface area contributed by atoms with Crippen LogP contribution in [0.15, 0.2) is 30.3 Å². The molecule has 3 N–H and O–H groups in total. The number of aromatic nitrogens is 1. The number of aromatic carboxylic acids is 1. The van der Waals surface area contributed by atoms with E-state index in [0.717, 1.165) is 0 Å². The number of carboxylic acid groups (broad SMARTS) is 1. The van der Waals surface area contributed by atoms with Crippen LogP contribution in [0.5, 0.6) is 0 Å². The van der Waals surface area contributed by atoms with E-state index in [9.17, 15) is 15.0 Å². The molecular weight excluding hydrogens is 260 g/mol. The van der Waals surface area contributed by atoms with E-state index < -0.39 is 5.97 Å². The molecule has 0 spiro atoms. The molecule has 106 valence electrons. The van der Waals surface area contributed by atoms with Gasteiger partial charge in [0.25, 0.3) is 0 Å². The third-order valence-corrected chi connectivity index (χ3v) is 2.89. The van der Waals surface area contributed by atoms with Gasteiger partial charge >= 0.3 is 5.97 Å². The number of methoxy groups -OCH3 is 1. The molecule has 0 amide bonds. The molecule has 0 saturated heterocycles. The van der Waals surface area contributed by atoms with Crippen molar-refractivity contribution >= 4 is 22.7 Å². The van der Waals surface area contributed by atoms with Gasteiger partial charge in [0.1, 0.15) is 5.82 Å². The first-order chi connectivity index (χ1) is 9.65. The van der Waals surface area contributed by atoms with Crippen LogP contribution in [0, 0.1) is 0 Å². The van der Waals surface area contributed by atoms with E-state index in [0.29, 0.717) is 23.3 Å². The van der Waals surface area contributed by atoms with Crippen LogP contribution in [0.4, 0.5) is 5.82 Å². The second-order valence-corrected chi connectivity index (χ2v) is 4.36. The van der Waals surface area contributed by atoms with Crippen molar-refractivity contribution in [1.29, 1.82) is 0 Å². The van der Waals surface area contributed by atoms with Gasteiger partial charge in [-0.05, 0) is 12.1 Å². The predicted molar refractivity (Wildman–Crippen MR) is 75.1 cm³/mol. The number of hydrogen-bond acceptors (Lipinski definition) is 5. The Balaban J connectivity index is 2.42. The molecule has 0 saturated carbocycles. The highest BCUT2D eigenvalue weighted by atomic mass is 16.5. The van der Waals surface area contributed by atoms with E-state index in [1.807, 2.05) is 0 Å². The van der Waals surface area contributed by atoms with Crippen LogP contribution in [0.25, 0.3) is 10.9 Å². The number of hydrogen-bond donors (Lipinski definition) is 3. The van der Waals surface area contributed by atoms with E-state index in [1.54, 1.807) is 24.3 Å². The molecule has 0 radical (unpaired) electrons. The number of carboxylic acids is 1. The van der Waals surface area contributed by atoms with Crippen molar-refractivity contribution in [3.63, 3.8) is 0 Å². The summed E-state index contributed by atoms with van der Waals surface area (Å²) in [5.74, 6) is -0.615. The minimum absolute atomic E-state index is 0.134. The number of para-hydroxylation sites is 1. The second-order valence-electron chi connectivity index (χ2n) is 4.36. The Morgan fingerprint density at radius 1 is 1.45 bits per heavy atom. The molecule has 2 aromatic rings. The monoisotopic (exact) mass is 276 g/mol. The van der Waals surface area contributed by atoms with Crippen LogP contribution >= 0.6 is 0 Å². The lowest BCUT2D eigenvalue weighted by Crippen LogP contribution is -2.29. The maximum Gasteiger partial charge on any atom is 0.336 e. The molecule has 1 aromatic carbocycles. The van der Waals surface area contributed by atoms with Gasteiger partial charge in [-0.15, -0.1) is 0 Å². The van der Waals surface area contributed by atoms with E-state index in [-0.39, 0.29) is 18.2 Å². The topological polar surface area (TPSA) is 91.7 Å². The summed E-state index contributed by atoms with van der Waals surface area (Å²) in [6.45, 7) is 0.165. The van der Waals surface area contributed by atoms with Gasteiger partial charge in [-0.25, -0.2) is 9.78 Å². The molecule has 0 aliphatic carbocycles. The SMILES string of the molecule is COCC(CO)Nc1cc(C(=O)O)c2ccccc2n1. The zero-order valence-electron chi connectivity index (χ0n) is 11.0. The molecule has 1 aromatic heterocycles. The molecule has 0 aliphatic rings. The number of aliphatic hydroxyl groups excluding tert-OH is 1. The third-order valence-electron chi connectivity index (χ3n) is 2.89. The summed E-state index contributed by atoms with van der Waals surface area (Å²) < 4.78 is 4.97. The predicted octanol–water partition coefficient (Wildman–Crippen LogP) is 1.35. The molecule has 6 nitrogen and oxygen atoms in total. The fourth-order valence-corrected chi connectivity index (χ4v) is 1.98. The molecule has 1 atom stereocenters. The van der Waals surface area contributed by atoms with Crippen LogP contribution in [0.3, 0.4) is 0 Å². The normalized spacial score (nSPS) is 12.3. The molecule has 1 heterocycles. The van der Waals surface area contributed by atoms with Gasteiger partial charge in [-0.2, -0.15) is 0 Å². The van der Waals surface area contributed by atoms with Crippen LogP contribution in [-0.2, 0) is 4.74 Å². The fraction of sp³-hybridized carbons (Fsp3) is 0.286. The minimum atomic E-state index is -1.01. The average Bonchev–Trinajstić information content (AvgIpc) is 2.45. The van der Waals surface area contributed by atoms with Crippen LogP contribution in [0.2, 0.25) is 0 Å². The van der Waals surface area contributed by atoms with E-state index in [4.69, 9.17) is 4.74 Å². The highest BCUT2D eigenvalue weighted by Gasteiger charge is 2.14. The summed E-state index contributed by atoms with van der Waals surface area (Å²) in [7, 11) is 1.53. The van der Waals surface area contributed by atoms with Gasteiger partial charge in [0.15, 0.2) is 0 Å². The zero-order chi connectivity index (χ0) is 14.5. The van der Waals surface area contributed by atoms with E-state index in [1.165, 1.54) is 13.2 Å². The van der Waals surface area contributed by atoms with Gasteiger partial charge < -0.3 is 20.3 Å². The number of rotatable bonds is 6. The molecule has 0 fully saturated rings. The first kappa shape index (κ1) is 14.2. The molecular formula is C14H16N2O4. The smallest absolute Gasteiger partial charge is 0.336 e. The van der Waals surface area contributed by atoms with Gasteiger partial charge in [-0.3, -0.25) is 0 Å². The Hall–Kier alpha value is -2.18. The second kappa shape index (κ2) is 6.31. The maximum absolute atomic E-state index is 11.3. The zero-order valence-corrected chi connectivity index (χ0v) is 11.0. The fourth-order valence-electron chi connectivity index (χ4n) is 1.98. The average molecular weight is 276 g/mol. The summed E-state index contributed by atoms with van der Waals surface area (Å²) in [6.07, 6.45) is 0. The Labute approximate surface area is 116 Å². The lowest BCUT2D eigenvalue weighted by Gasteiger charge is -2.16. The largest absolute Gasteiger partial charge is 0.478 e. The van der Waals surface area contributed by atoms with Crippen molar-refractivity contribution in [2.75, 3.05) is 25.6 Å². The first-order valence-electron chi connectivity index (χ1n) is 6.15. The van der Waals surface area contributed by atoms with Crippen molar-refractivity contribution in [2.24, 2.45) is 0 Å². The summed E-state index contributed by atoms with van der Waals surface area (Å²) in [5.41, 5.74) is 0.760. The highest BCUT2D eigenvalue weighted by molar-refractivity contribution is 6.03. The van der Waals surface area contributed by atoms with Crippen molar-refractivity contribution in [2.45, 2.75) is 6.04 Å². The van der Waals surface area contributed by atoms with Crippen molar-refractivity contribution in [3.8, 4) is 0 Å². The summed E-state index contributed by atoms with van der Waals surface area (Å²) >= 11 is 0.